The fourth-order valence-electron chi connectivity index (χ4n) is 2.08. The number of benzene rings is 1. The van der Waals surface area contributed by atoms with E-state index in [9.17, 15) is 0 Å². The van der Waals surface area contributed by atoms with Gasteiger partial charge in [0.05, 0.1) is 10.7 Å². The van der Waals surface area contributed by atoms with E-state index in [4.69, 9.17) is 16.6 Å². The zero-order chi connectivity index (χ0) is 13.0. The summed E-state index contributed by atoms with van der Waals surface area (Å²) in [6.45, 7) is 4.29. The Bertz CT molecular complexity index is 478. The second kappa shape index (κ2) is 6.35. The molecule has 0 aliphatic heterocycles. The van der Waals surface area contributed by atoms with Crippen molar-refractivity contribution >= 4 is 22.9 Å². The highest BCUT2D eigenvalue weighted by atomic mass is 35.5. The van der Waals surface area contributed by atoms with Crippen LogP contribution in [0.25, 0.3) is 11.3 Å². The summed E-state index contributed by atoms with van der Waals surface area (Å²) in [5.41, 5.74) is 2.28. The third kappa shape index (κ3) is 3.82. The average molecular weight is 280 g/mol. The van der Waals surface area contributed by atoms with Gasteiger partial charge in [-0.25, -0.2) is 4.98 Å². The molecule has 2 rings (SSSR count). The van der Waals surface area contributed by atoms with E-state index in [0.717, 1.165) is 18.5 Å². The maximum Gasteiger partial charge on any atom is 0.0935 e. The van der Waals surface area contributed by atoms with E-state index in [1.807, 2.05) is 18.2 Å². The van der Waals surface area contributed by atoms with Crippen LogP contribution >= 0.6 is 22.9 Å². The van der Waals surface area contributed by atoms with Gasteiger partial charge in [0.15, 0.2) is 0 Å². The van der Waals surface area contributed by atoms with E-state index in [2.05, 4.69) is 31.4 Å². The van der Waals surface area contributed by atoms with Gasteiger partial charge in [-0.2, -0.15) is 0 Å². The van der Waals surface area contributed by atoms with Crippen LogP contribution in [0.1, 0.15) is 25.3 Å². The van der Waals surface area contributed by atoms with Crippen molar-refractivity contribution in [1.82, 2.24) is 4.98 Å². The van der Waals surface area contributed by atoms with Crippen molar-refractivity contribution in [3.8, 4) is 11.3 Å². The van der Waals surface area contributed by atoms with Crippen LogP contribution in [0.15, 0.2) is 35.7 Å². The lowest BCUT2D eigenvalue weighted by Crippen LogP contribution is -2.05. The molecule has 96 valence electrons. The lowest BCUT2D eigenvalue weighted by atomic mass is 10.0. The Balaban J connectivity index is 2.03. The smallest absolute Gasteiger partial charge is 0.0935 e. The van der Waals surface area contributed by atoms with E-state index < -0.39 is 0 Å². The van der Waals surface area contributed by atoms with Gasteiger partial charge in [-0.3, -0.25) is 0 Å². The molecule has 1 aromatic heterocycles. The van der Waals surface area contributed by atoms with Gasteiger partial charge in [-0.1, -0.05) is 37.3 Å². The van der Waals surface area contributed by atoms with Crippen molar-refractivity contribution < 1.29 is 0 Å². The van der Waals surface area contributed by atoms with Crippen LogP contribution in [0.2, 0.25) is 0 Å². The molecule has 0 amide bonds. The number of halogens is 1. The predicted octanol–water partition coefficient (Wildman–Crippen LogP) is 5.01. The molecule has 2 unspecified atom stereocenters. The van der Waals surface area contributed by atoms with Gasteiger partial charge in [0.25, 0.3) is 0 Å². The molecule has 0 N–H and O–H groups in total. The lowest BCUT2D eigenvalue weighted by molar-refractivity contribution is 0.525. The molecule has 0 spiro atoms. The second-order valence-corrected chi connectivity index (χ2v) is 6.51. The van der Waals surface area contributed by atoms with Gasteiger partial charge in [0.1, 0.15) is 0 Å². The summed E-state index contributed by atoms with van der Waals surface area (Å²) in [7, 11) is 0. The first-order chi connectivity index (χ1) is 8.65. The number of nitrogens with zero attached hydrogens (tertiary/aromatic N) is 1. The van der Waals surface area contributed by atoms with Crippen molar-refractivity contribution in [2.45, 2.75) is 32.1 Å². The Labute approximate surface area is 118 Å². The van der Waals surface area contributed by atoms with Crippen LogP contribution in [0.4, 0.5) is 0 Å². The fourth-order valence-corrected chi connectivity index (χ4v) is 3.35. The first kappa shape index (κ1) is 13.6. The third-order valence-corrected chi connectivity index (χ3v) is 3.92. The minimum atomic E-state index is 0.244. The second-order valence-electron chi connectivity index (χ2n) is 4.82. The highest BCUT2D eigenvalue weighted by Gasteiger charge is 2.10. The maximum atomic E-state index is 6.02. The first-order valence-corrected chi connectivity index (χ1v) is 7.60. The molecule has 1 heterocycles. The topological polar surface area (TPSA) is 12.9 Å². The quantitative estimate of drug-likeness (QED) is 0.702. The van der Waals surface area contributed by atoms with Crippen molar-refractivity contribution in [3.63, 3.8) is 0 Å². The largest absolute Gasteiger partial charge is 0.241 e. The summed E-state index contributed by atoms with van der Waals surface area (Å²) >= 11 is 7.77. The first-order valence-electron chi connectivity index (χ1n) is 6.29. The molecule has 2 atom stereocenters. The van der Waals surface area contributed by atoms with Crippen LogP contribution in [0.5, 0.6) is 0 Å². The number of hydrogen-bond acceptors (Lipinski definition) is 2. The SMILES string of the molecule is CC(Cl)CC(C)Cc1nc(-c2ccccc2)cs1. The highest BCUT2D eigenvalue weighted by Crippen LogP contribution is 2.24. The Hall–Kier alpha value is -0.860. The molecule has 0 radical (unpaired) electrons. The van der Waals surface area contributed by atoms with Crippen LogP contribution in [-0.4, -0.2) is 10.4 Å². The molecule has 18 heavy (non-hydrogen) atoms. The molecule has 0 fully saturated rings. The molecular weight excluding hydrogens is 262 g/mol. The summed E-state index contributed by atoms with van der Waals surface area (Å²) in [5, 5.41) is 3.59. The van der Waals surface area contributed by atoms with E-state index in [-0.39, 0.29) is 5.38 Å². The van der Waals surface area contributed by atoms with Crippen molar-refractivity contribution in [1.29, 1.82) is 0 Å². The zero-order valence-corrected chi connectivity index (χ0v) is 12.3. The Morgan fingerprint density at radius 2 is 1.94 bits per heavy atom. The maximum absolute atomic E-state index is 6.02. The summed E-state index contributed by atoms with van der Waals surface area (Å²) in [6, 6.07) is 10.3. The van der Waals surface area contributed by atoms with E-state index in [1.165, 1.54) is 10.6 Å². The number of rotatable bonds is 5. The van der Waals surface area contributed by atoms with Crippen LogP contribution in [-0.2, 0) is 6.42 Å². The monoisotopic (exact) mass is 279 g/mol. The normalized spacial score (nSPS) is 14.4. The van der Waals surface area contributed by atoms with E-state index >= 15 is 0 Å². The standard InChI is InChI=1S/C15H18ClNS/c1-11(8-12(2)16)9-15-17-14(10-18-15)13-6-4-3-5-7-13/h3-7,10-12H,8-9H2,1-2H3. The van der Waals surface area contributed by atoms with Crippen molar-refractivity contribution in [2.75, 3.05) is 0 Å². The average Bonchev–Trinajstić information content (AvgIpc) is 2.77. The van der Waals surface area contributed by atoms with E-state index in [1.54, 1.807) is 11.3 Å². The summed E-state index contributed by atoms with van der Waals surface area (Å²) in [6.07, 6.45) is 2.07. The Morgan fingerprint density at radius 1 is 1.22 bits per heavy atom. The fraction of sp³-hybridized carbons (Fsp3) is 0.400. The number of alkyl halides is 1. The van der Waals surface area contributed by atoms with Crippen LogP contribution < -0.4 is 0 Å². The van der Waals surface area contributed by atoms with Crippen LogP contribution in [0.3, 0.4) is 0 Å². The molecule has 1 nitrogen and oxygen atoms in total. The van der Waals surface area contributed by atoms with Gasteiger partial charge in [0, 0.05) is 22.7 Å². The van der Waals surface area contributed by atoms with Crippen molar-refractivity contribution in [2.24, 2.45) is 5.92 Å². The summed E-state index contributed by atoms with van der Waals surface area (Å²) in [5.74, 6) is 0.590. The van der Waals surface area contributed by atoms with E-state index in [0.29, 0.717) is 5.92 Å². The molecule has 0 saturated heterocycles. The number of hydrogen-bond donors (Lipinski definition) is 0. The number of aromatic nitrogens is 1. The molecule has 2 aromatic rings. The number of thiazole rings is 1. The van der Waals surface area contributed by atoms with Crippen molar-refractivity contribution in [3.05, 3.63) is 40.7 Å². The molecule has 0 saturated carbocycles. The molecule has 3 heteroatoms. The molecule has 0 aliphatic rings. The summed E-state index contributed by atoms with van der Waals surface area (Å²) < 4.78 is 0. The highest BCUT2D eigenvalue weighted by molar-refractivity contribution is 7.09. The Kier molecular flexibility index (Phi) is 4.79. The summed E-state index contributed by atoms with van der Waals surface area (Å²) in [4.78, 5) is 4.70. The lowest BCUT2D eigenvalue weighted by Gasteiger charge is -2.10. The third-order valence-electron chi connectivity index (χ3n) is 2.87. The molecule has 0 bridgehead atoms. The minimum absolute atomic E-state index is 0.244. The van der Waals surface area contributed by atoms with Crippen LogP contribution in [0, 0.1) is 5.92 Å². The van der Waals surface area contributed by atoms with Gasteiger partial charge in [-0.15, -0.1) is 22.9 Å². The van der Waals surface area contributed by atoms with Gasteiger partial charge in [-0.05, 0) is 19.3 Å². The molecule has 1 aromatic carbocycles. The minimum Gasteiger partial charge on any atom is -0.241 e. The molecular formula is C15H18ClNS. The predicted molar refractivity (Wildman–Crippen MR) is 80.4 cm³/mol. The molecule has 0 aliphatic carbocycles. The van der Waals surface area contributed by atoms with Gasteiger partial charge >= 0.3 is 0 Å². The Morgan fingerprint density at radius 3 is 2.61 bits per heavy atom. The zero-order valence-electron chi connectivity index (χ0n) is 10.8. The van der Waals surface area contributed by atoms with Gasteiger partial charge < -0.3 is 0 Å². The van der Waals surface area contributed by atoms with Gasteiger partial charge in [0.2, 0.25) is 0 Å².